The van der Waals surface area contributed by atoms with Crippen molar-refractivity contribution in [1.29, 1.82) is 0 Å². The Hall–Kier alpha value is -1.39. The average Bonchev–Trinajstić information content (AvgIpc) is 2.36. The van der Waals surface area contributed by atoms with Gasteiger partial charge in [-0.2, -0.15) is 0 Å². The predicted octanol–water partition coefficient (Wildman–Crippen LogP) is 0.922. The highest BCUT2D eigenvalue weighted by Crippen LogP contribution is 2.05. The maximum Gasteiger partial charge on any atom is 0.237 e. The molecular weight excluding hydrogens is 216 g/mol. The third-order valence-electron chi connectivity index (χ3n) is 2.58. The van der Waals surface area contributed by atoms with Gasteiger partial charge in [-0.3, -0.25) is 4.79 Å². The summed E-state index contributed by atoms with van der Waals surface area (Å²) in [6.07, 6.45) is 1.59. The molecule has 94 valence electrons. The zero-order chi connectivity index (χ0) is 12.7. The molecule has 1 amide bonds. The number of nitrogens with two attached hydrogens (primary N) is 1. The lowest BCUT2D eigenvalue weighted by atomic mass is 10.1. The number of rotatable bonds is 6. The minimum Gasteiger partial charge on any atom is -0.392 e. The molecule has 0 aliphatic rings. The van der Waals surface area contributed by atoms with Crippen LogP contribution in [0.15, 0.2) is 24.3 Å². The molecule has 1 unspecified atom stereocenters. The van der Waals surface area contributed by atoms with Crippen LogP contribution >= 0.6 is 0 Å². The molecule has 4 N–H and O–H groups in total. The van der Waals surface area contributed by atoms with Crippen molar-refractivity contribution in [2.75, 3.05) is 0 Å². The number of hydrogen-bond acceptors (Lipinski definition) is 3. The lowest BCUT2D eigenvalue weighted by molar-refractivity contribution is -0.122. The maximum atomic E-state index is 11.6. The Balaban J connectivity index is 2.46. The molecule has 0 saturated carbocycles. The molecule has 17 heavy (non-hydrogen) atoms. The molecule has 1 rings (SSSR count). The highest BCUT2D eigenvalue weighted by atomic mass is 16.3. The monoisotopic (exact) mass is 236 g/mol. The van der Waals surface area contributed by atoms with E-state index in [-0.39, 0.29) is 12.5 Å². The van der Waals surface area contributed by atoms with E-state index in [1.807, 2.05) is 31.2 Å². The number of aliphatic hydroxyl groups is 1. The van der Waals surface area contributed by atoms with E-state index < -0.39 is 6.04 Å². The first-order valence-corrected chi connectivity index (χ1v) is 5.89. The minimum absolute atomic E-state index is 0.0110. The van der Waals surface area contributed by atoms with E-state index in [9.17, 15) is 4.79 Å². The molecule has 0 heterocycles. The fourth-order valence-electron chi connectivity index (χ4n) is 1.60. The molecule has 0 aliphatic heterocycles. The normalized spacial score (nSPS) is 12.2. The molecule has 0 fully saturated rings. The quantitative estimate of drug-likeness (QED) is 0.687. The SMILES string of the molecule is CCCC(N)C(=O)NCc1cccc(CO)c1. The first-order chi connectivity index (χ1) is 8.17. The topological polar surface area (TPSA) is 75.4 Å². The second kappa shape index (κ2) is 7.04. The molecular formula is C13H20N2O2. The fourth-order valence-corrected chi connectivity index (χ4v) is 1.60. The molecule has 0 aliphatic carbocycles. The van der Waals surface area contributed by atoms with Crippen LogP contribution in [0.5, 0.6) is 0 Å². The van der Waals surface area contributed by atoms with Gasteiger partial charge in [0.2, 0.25) is 5.91 Å². The zero-order valence-electron chi connectivity index (χ0n) is 10.1. The Labute approximate surface area is 102 Å². The van der Waals surface area contributed by atoms with Crippen LogP contribution in [0.1, 0.15) is 30.9 Å². The average molecular weight is 236 g/mol. The highest BCUT2D eigenvalue weighted by molar-refractivity contribution is 5.81. The van der Waals surface area contributed by atoms with Gasteiger partial charge in [0.15, 0.2) is 0 Å². The molecule has 1 atom stereocenters. The Kier molecular flexibility index (Phi) is 5.66. The number of benzene rings is 1. The number of nitrogens with one attached hydrogen (secondary N) is 1. The van der Waals surface area contributed by atoms with Gasteiger partial charge in [0, 0.05) is 6.54 Å². The molecule has 4 nitrogen and oxygen atoms in total. The van der Waals surface area contributed by atoms with Gasteiger partial charge in [-0.1, -0.05) is 37.6 Å². The summed E-state index contributed by atoms with van der Waals surface area (Å²) in [4.78, 5) is 11.6. The summed E-state index contributed by atoms with van der Waals surface area (Å²) in [6.45, 7) is 2.46. The summed E-state index contributed by atoms with van der Waals surface area (Å²) in [5, 5.41) is 11.8. The van der Waals surface area contributed by atoms with E-state index in [0.717, 1.165) is 17.5 Å². The summed E-state index contributed by atoms with van der Waals surface area (Å²) in [7, 11) is 0. The van der Waals surface area contributed by atoms with Gasteiger partial charge in [0.1, 0.15) is 0 Å². The van der Waals surface area contributed by atoms with Gasteiger partial charge in [-0.05, 0) is 17.5 Å². The summed E-state index contributed by atoms with van der Waals surface area (Å²) in [5.74, 6) is -0.124. The Bertz CT molecular complexity index is 366. The predicted molar refractivity (Wildman–Crippen MR) is 67.1 cm³/mol. The lowest BCUT2D eigenvalue weighted by Gasteiger charge is -2.11. The van der Waals surface area contributed by atoms with Crippen LogP contribution in [0, 0.1) is 0 Å². The lowest BCUT2D eigenvalue weighted by Crippen LogP contribution is -2.40. The van der Waals surface area contributed by atoms with Crippen molar-refractivity contribution in [2.24, 2.45) is 5.73 Å². The van der Waals surface area contributed by atoms with Gasteiger partial charge in [-0.25, -0.2) is 0 Å². The molecule has 0 aromatic heterocycles. The van der Waals surface area contributed by atoms with E-state index >= 15 is 0 Å². The number of carbonyl (C=O) groups is 1. The van der Waals surface area contributed by atoms with Crippen LogP contribution < -0.4 is 11.1 Å². The van der Waals surface area contributed by atoms with Crippen LogP contribution in [0.4, 0.5) is 0 Å². The van der Waals surface area contributed by atoms with Crippen molar-refractivity contribution in [1.82, 2.24) is 5.32 Å². The standard InChI is InChI=1S/C13H20N2O2/c1-2-4-12(14)13(17)15-8-10-5-3-6-11(7-10)9-16/h3,5-7,12,16H,2,4,8-9,14H2,1H3,(H,15,17). The molecule has 0 spiro atoms. The first-order valence-electron chi connectivity index (χ1n) is 5.89. The summed E-state index contributed by atoms with van der Waals surface area (Å²) in [6, 6.07) is 7.05. The van der Waals surface area contributed by atoms with Crippen LogP contribution in [-0.4, -0.2) is 17.1 Å². The van der Waals surface area contributed by atoms with Crippen LogP contribution in [0.3, 0.4) is 0 Å². The summed E-state index contributed by atoms with van der Waals surface area (Å²) < 4.78 is 0. The van der Waals surface area contributed by atoms with Gasteiger partial charge < -0.3 is 16.2 Å². The smallest absolute Gasteiger partial charge is 0.237 e. The molecule has 0 bridgehead atoms. The van der Waals surface area contributed by atoms with Gasteiger partial charge in [0.25, 0.3) is 0 Å². The van der Waals surface area contributed by atoms with E-state index in [0.29, 0.717) is 13.0 Å². The van der Waals surface area contributed by atoms with E-state index in [1.54, 1.807) is 0 Å². The molecule has 0 saturated heterocycles. The second-order valence-corrected chi connectivity index (χ2v) is 4.09. The van der Waals surface area contributed by atoms with Gasteiger partial charge >= 0.3 is 0 Å². The number of amides is 1. The second-order valence-electron chi connectivity index (χ2n) is 4.09. The molecule has 4 heteroatoms. The summed E-state index contributed by atoms with van der Waals surface area (Å²) in [5.41, 5.74) is 7.50. The minimum atomic E-state index is -0.430. The van der Waals surface area contributed by atoms with Crippen LogP contribution in [0.2, 0.25) is 0 Å². The number of aliphatic hydroxyl groups excluding tert-OH is 1. The number of carbonyl (C=O) groups excluding carboxylic acids is 1. The highest BCUT2D eigenvalue weighted by Gasteiger charge is 2.11. The molecule has 0 radical (unpaired) electrons. The van der Waals surface area contributed by atoms with E-state index in [2.05, 4.69) is 5.32 Å². The Morgan fingerprint density at radius 2 is 2.18 bits per heavy atom. The van der Waals surface area contributed by atoms with Gasteiger partial charge in [-0.15, -0.1) is 0 Å². The number of hydrogen-bond donors (Lipinski definition) is 3. The van der Waals surface area contributed by atoms with Crippen molar-refractivity contribution in [2.45, 2.75) is 39.0 Å². The third kappa shape index (κ3) is 4.54. The maximum absolute atomic E-state index is 11.6. The first kappa shape index (κ1) is 13.7. The zero-order valence-corrected chi connectivity index (χ0v) is 10.1. The van der Waals surface area contributed by atoms with Crippen molar-refractivity contribution in [3.8, 4) is 0 Å². The van der Waals surface area contributed by atoms with Crippen LogP contribution in [0.25, 0.3) is 0 Å². The fraction of sp³-hybridized carbons (Fsp3) is 0.462. The Morgan fingerprint density at radius 1 is 1.47 bits per heavy atom. The summed E-state index contributed by atoms with van der Waals surface area (Å²) >= 11 is 0. The Morgan fingerprint density at radius 3 is 2.82 bits per heavy atom. The van der Waals surface area contributed by atoms with Crippen molar-refractivity contribution in [3.63, 3.8) is 0 Å². The van der Waals surface area contributed by atoms with Crippen molar-refractivity contribution >= 4 is 5.91 Å². The third-order valence-corrected chi connectivity index (χ3v) is 2.58. The van der Waals surface area contributed by atoms with Crippen LogP contribution in [-0.2, 0) is 17.9 Å². The van der Waals surface area contributed by atoms with E-state index in [1.165, 1.54) is 0 Å². The molecule has 1 aromatic carbocycles. The molecule has 1 aromatic rings. The van der Waals surface area contributed by atoms with E-state index in [4.69, 9.17) is 10.8 Å². The largest absolute Gasteiger partial charge is 0.392 e. The van der Waals surface area contributed by atoms with Gasteiger partial charge in [0.05, 0.1) is 12.6 Å². The van der Waals surface area contributed by atoms with Crippen molar-refractivity contribution in [3.05, 3.63) is 35.4 Å². The van der Waals surface area contributed by atoms with Crippen molar-refractivity contribution < 1.29 is 9.90 Å².